The van der Waals surface area contributed by atoms with Crippen molar-refractivity contribution in [3.05, 3.63) is 0 Å². The maximum Gasteiger partial charge on any atom is 0.237 e. The van der Waals surface area contributed by atoms with Gasteiger partial charge in [0.25, 0.3) is 0 Å². The van der Waals surface area contributed by atoms with E-state index in [1.54, 1.807) is 0 Å². The number of nitrogens with zero attached hydrogens (tertiary/aromatic N) is 1. The van der Waals surface area contributed by atoms with E-state index >= 15 is 0 Å². The molecule has 1 atom stereocenters. The molecule has 3 N–H and O–H groups in total. The van der Waals surface area contributed by atoms with Crippen LogP contribution >= 0.6 is 0 Å². The molecule has 0 heterocycles. The lowest BCUT2D eigenvalue weighted by Crippen LogP contribution is -2.48. The molecule has 4 nitrogen and oxygen atoms in total. The Morgan fingerprint density at radius 2 is 2.00 bits per heavy atom. The highest BCUT2D eigenvalue weighted by Crippen LogP contribution is 1.98. The average molecular weight is 201 g/mol. The zero-order chi connectivity index (χ0) is 11.1. The van der Waals surface area contributed by atoms with Gasteiger partial charge < -0.3 is 11.1 Å². The number of nitrogens with two attached hydrogens (primary N) is 1. The van der Waals surface area contributed by atoms with Crippen molar-refractivity contribution in [1.82, 2.24) is 10.2 Å². The molecule has 1 unspecified atom stereocenters. The van der Waals surface area contributed by atoms with Crippen LogP contribution in [0.5, 0.6) is 0 Å². The van der Waals surface area contributed by atoms with E-state index in [1.165, 1.54) is 0 Å². The maximum atomic E-state index is 11.6. The lowest BCUT2D eigenvalue weighted by Gasteiger charge is -2.26. The molecule has 0 aliphatic rings. The molecule has 0 radical (unpaired) electrons. The molecule has 0 saturated carbocycles. The molecule has 14 heavy (non-hydrogen) atoms. The van der Waals surface area contributed by atoms with Crippen LogP contribution in [-0.4, -0.2) is 42.5 Å². The fourth-order valence-corrected chi connectivity index (χ4v) is 1.36. The minimum absolute atomic E-state index is 0.0790. The lowest BCUT2D eigenvalue weighted by atomic mass is 10.2. The summed E-state index contributed by atoms with van der Waals surface area (Å²) >= 11 is 0. The summed E-state index contributed by atoms with van der Waals surface area (Å²) in [7, 11) is 0. The third kappa shape index (κ3) is 4.58. The quantitative estimate of drug-likeness (QED) is 0.644. The highest BCUT2D eigenvalue weighted by atomic mass is 16.2. The molecule has 0 aliphatic heterocycles. The van der Waals surface area contributed by atoms with Crippen molar-refractivity contribution in [3.8, 4) is 0 Å². The smallest absolute Gasteiger partial charge is 0.237 e. The standard InChI is InChI=1S/C10H23N3O/c1-5-13(7-6-11)9(4)10(14)12-8(2)3/h8-9H,5-7,11H2,1-4H3,(H,12,14). The largest absolute Gasteiger partial charge is 0.353 e. The van der Waals surface area contributed by atoms with E-state index in [9.17, 15) is 4.79 Å². The van der Waals surface area contributed by atoms with Gasteiger partial charge in [-0.15, -0.1) is 0 Å². The van der Waals surface area contributed by atoms with Crippen LogP contribution in [0.3, 0.4) is 0 Å². The molecule has 1 amide bonds. The first kappa shape index (κ1) is 13.4. The molecule has 0 rings (SSSR count). The van der Waals surface area contributed by atoms with Crippen molar-refractivity contribution >= 4 is 5.91 Å². The van der Waals surface area contributed by atoms with Gasteiger partial charge in [0.15, 0.2) is 0 Å². The molecule has 0 fully saturated rings. The lowest BCUT2D eigenvalue weighted by molar-refractivity contribution is -0.126. The minimum atomic E-state index is -0.0917. The van der Waals surface area contributed by atoms with Crippen LogP contribution in [-0.2, 0) is 4.79 Å². The van der Waals surface area contributed by atoms with Crippen LogP contribution < -0.4 is 11.1 Å². The summed E-state index contributed by atoms with van der Waals surface area (Å²) in [6, 6.07) is 0.104. The second-order valence-electron chi connectivity index (χ2n) is 3.76. The fraction of sp³-hybridized carbons (Fsp3) is 0.900. The number of likely N-dealkylation sites (N-methyl/N-ethyl adjacent to an activating group) is 1. The second kappa shape index (κ2) is 6.79. The predicted molar refractivity (Wildman–Crippen MR) is 59.0 cm³/mol. The Bertz CT molecular complexity index is 171. The van der Waals surface area contributed by atoms with Crippen LogP contribution in [0.15, 0.2) is 0 Å². The van der Waals surface area contributed by atoms with Gasteiger partial charge >= 0.3 is 0 Å². The zero-order valence-corrected chi connectivity index (χ0v) is 9.71. The van der Waals surface area contributed by atoms with E-state index in [4.69, 9.17) is 5.73 Å². The normalized spacial score (nSPS) is 13.4. The molecule has 0 aromatic rings. The molecule has 0 spiro atoms. The molecule has 0 aliphatic carbocycles. The predicted octanol–water partition coefficient (Wildman–Crippen LogP) is 0.180. The fourth-order valence-electron chi connectivity index (χ4n) is 1.36. The molecular weight excluding hydrogens is 178 g/mol. The first-order valence-corrected chi connectivity index (χ1v) is 5.27. The molecule has 4 heteroatoms. The zero-order valence-electron chi connectivity index (χ0n) is 9.71. The molecule has 0 bridgehead atoms. The third-order valence-electron chi connectivity index (χ3n) is 2.18. The van der Waals surface area contributed by atoms with Gasteiger partial charge in [-0.3, -0.25) is 9.69 Å². The first-order chi connectivity index (χ1) is 6.52. The Labute approximate surface area is 86.8 Å². The number of carbonyl (C=O) groups excluding carboxylic acids is 1. The van der Waals surface area contributed by atoms with Crippen molar-refractivity contribution in [3.63, 3.8) is 0 Å². The van der Waals surface area contributed by atoms with Gasteiger partial charge in [0.2, 0.25) is 5.91 Å². The van der Waals surface area contributed by atoms with Gasteiger partial charge in [-0.25, -0.2) is 0 Å². The van der Waals surface area contributed by atoms with Gasteiger partial charge in [0.1, 0.15) is 0 Å². The number of rotatable bonds is 6. The van der Waals surface area contributed by atoms with E-state index in [0.717, 1.165) is 13.1 Å². The highest BCUT2D eigenvalue weighted by molar-refractivity contribution is 5.81. The summed E-state index contributed by atoms with van der Waals surface area (Å²) < 4.78 is 0. The summed E-state index contributed by atoms with van der Waals surface area (Å²) in [5.74, 6) is 0.0790. The summed E-state index contributed by atoms with van der Waals surface area (Å²) in [6.07, 6.45) is 0. The number of carbonyl (C=O) groups is 1. The van der Waals surface area contributed by atoms with Crippen molar-refractivity contribution < 1.29 is 4.79 Å². The van der Waals surface area contributed by atoms with Gasteiger partial charge in [0, 0.05) is 19.1 Å². The molecule has 0 saturated heterocycles. The number of hydrogen-bond donors (Lipinski definition) is 2. The molecule has 0 aromatic carbocycles. The maximum absolute atomic E-state index is 11.6. The third-order valence-corrected chi connectivity index (χ3v) is 2.18. The molecule has 0 aromatic heterocycles. The van der Waals surface area contributed by atoms with Crippen LogP contribution in [0.25, 0.3) is 0 Å². The average Bonchev–Trinajstić information content (AvgIpc) is 2.12. The molecule has 84 valence electrons. The van der Waals surface area contributed by atoms with Gasteiger partial charge in [-0.1, -0.05) is 6.92 Å². The topological polar surface area (TPSA) is 58.4 Å². The monoisotopic (exact) mass is 201 g/mol. The van der Waals surface area contributed by atoms with E-state index in [0.29, 0.717) is 6.54 Å². The summed E-state index contributed by atoms with van der Waals surface area (Å²) in [4.78, 5) is 13.7. The number of hydrogen-bond acceptors (Lipinski definition) is 3. The van der Waals surface area contributed by atoms with Crippen molar-refractivity contribution in [2.45, 2.75) is 39.8 Å². The first-order valence-electron chi connectivity index (χ1n) is 5.27. The molecular formula is C10H23N3O. The Hall–Kier alpha value is -0.610. The van der Waals surface area contributed by atoms with Crippen LogP contribution in [0.4, 0.5) is 0 Å². The SMILES string of the molecule is CCN(CCN)C(C)C(=O)NC(C)C. The van der Waals surface area contributed by atoms with Crippen molar-refractivity contribution in [1.29, 1.82) is 0 Å². The number of amides is 1. The second-order valence-corrected chi connectivity index (χ2v) is 3.76. The van der Waals surface area contributed by atoms with Gasteiger partial charge in [-0.2, -0.15) is 0 Å². The Balaban J connectivity index is 4.12. The minimum Gasteiger partial charge on any atom is -0.353 e. The summed E-state index contributed by atoms with van der Waals surface area (Å²) in [5, 5.41) is 2.89. The van der Waals surface area contributed by atoms with Crippen molar-refractivity contribution in [2.75, 3.05) is 19.6 Å². The van der Waals surface area contributed by atoms with Crippen LogP contribution in [0.2, 0.25) is 0 Å². The Morgan fingerprint density at radius 1 is 1.43 bits per heavy atom. The Morgan fingerprint density at radius 3 is 2.36 bits per heavy atom. The van der Waals surface area contributed by atoms with E-state index < -0.39 is 0 Å². The highest BCUT2D eigenvalue weighted by Gasteiger charge is 2.19. The van der Waals surface area contributed by atoms with E-state index in [1.807, 2.05) is 27.7 Å². The van der Waals surface area contributed by atoms with Crippen molar-refractivity contribution in [2.24, 2.45) is 5.73 Å². The van der Waals surface area contributed by atoms with Gasteiger partial charge in [0.05, 0.1) is 6.04 Å². The van der Waals surface area contributed by atoms with Crippen LogP contribution in [0.1, 0.15) is 27.7 Å². The summed E-state index contributed by atoms with van der Waals surface area (Å²) in [6.45, 7) is 10.1. The Kier molecular flexibility index (Phi) is 6.49. The van der Waals surface area contributed by atoms with E-state index in [-0.39, 0.29) is 18.0 Å². The van der Waals surface area contributed by atoms with E-state index in [2.05, 4.69) is 10.2 Å². The number of nitrogens with one attached hydrogen (secondary N) is 1. The summed E-state index contributed by atoms with van der Waals surface area (Å²) in [5.41, 5.74) is 5.47. The van der Waals surface area contributed by atoms with Crippen LogP contribution in [0, 0.1) is 0 Å². The van der Waals surface area contributed by atoms with Gasteiger partial charge in [-0.05, 0) is 27.3 Å².